The number of methoxy groups -OCH3 is 1. The molecule has 1 N–H and O–H groups in total. The van der Waals surface area contributed by atoms with Crippen LogP contribution in [-0.4, -0.2) is 57.3 Å². The van der Waals surface area contributed by atoms with Gasteiger partial charge in [-0.1, -0.05) is 30.3 Å². The van der Waals surface area contributed by atoms with E-state index in [2.05, 4.69) is 60.3 Å². The van der Waals surface area contributed by atoms with Crippen molar-refractivity contribution >= 4 is 16.7 Å². The van der Waals surface area contributed by atoms with Gasteiger partial charge < -0.3 is 14.6 Å². The zero-order chi connectivity index (χ0) is 23.3. The van der Waals surface area contributed by atoms with Gasteiger partial charge in [-0.3, -0.25) is 14.7 Å². The first-order valence-corrected chi connectivity index (χ1v) is 11.6. The molecule has 3 heterocycles. The lowest BCUT2D eigenvalue weighted by atomic mass is 10.0. The number of fused-ring (bicyclic) bond motifs is 2. The lowest BCUT2D eigenvalue weighted by Gasteiger charge is -2.21. The van der Waals surface area contributed by atoms with Crippen molar-refractivity contribution in [2.75, 3.05) is 26.7 Å². The number of aromatic nitrogens is 4. The van der Waals surface area contributed by atoms with E-state index in [1.54, 1.807) is 31.6 Å². The van der Waals surface area contributed by atoms with Gasteiger partial charge in [0.05, 0.1) is 12.7 Å². The van der Waals surface area contributed by atoms with Gasteiger partial charge in [-0.15, -0.1) is 10.2 Å². The van der Waals surface area contributed by atoms with Crippen molar-refractivity contribution in [2.24, 2.45) is 0 Å². The molecule has 2 aromatic carbocycles. The summed E-state index contributed by atoms with van der Waals surface area (Å²) in [6.45, 7) is 4.06. The molecule has 1 amide bonds. The van der Waals surface area contributed by atoms with Gasteiger partial charge in [-0.2, -0.15) is 0 Å². The third-order valence-electron chi connectivity index (χ3n) is 6.34. The molecule has 0 radical (unpaired) electrons. The normalized spacial score (nSPS) is 13.9. The number of rotatable bonds is 7. The monoisotopic (exact) mass is 456 g/mol. The zero-order valence-electron chi connectivity index (χ0n) is 19.3. The summed E-state index contributed by atoms with van der Waals surface area (Å²) in [4.78, 5) is 18.7. The van der Waals surface area contributed by atoms with Gasteiger partial charge >= 0.3 is 0 Å². The number of ether oxygens (including phenoxy) is 1. The Bertz CT molecular complexity index is 1290. The molecule has 0 saturated carbocycles. The topological polar surface area (TPSA) is 85.2 Å². The predicted octanol–water partition coefficient (Wildman–Crippen LogP) is 2.87. The van der Waals surface area contributed by atoms with Crippen LogP contribution in [0.1, 0.15) is 27.6 Å². The molecule has 0 fully saturated rings. The summed E-state index contributed by atoms with van der Waals surface area (Å²) in [5.41, 5.74) is 1.86. The van der Waals surface area contributed by atoms with Gasteiger partial charge in [0.15, 0.2) is 0 Å². The molecule has 8 nitrogen and oxygen atoms in total. The molecule has 34 heavy (non-hydrogen) atoms. The SMILES string of the molecule is COc1ccc(CN2CCc3nnc(CCNC(=O)c4cccnc4)n3CC2)c2ccccc12. The van der Waals surface area contributed by atoms with Gasteiger partial charge in [0.2, 0.25) is 0 Å². The molecule has 1 aliphatic heterocycles. The van der Waals surface area contributed by atoms with E-state index in [0.29, 0.717) is 18.5 Å². The van der Waals surface area contributed by atoms with Crippen molar-refractivity contribution in [3.8, 4) is 5.75 Å². The zero-order valence-corrected chi connectivity index (χ0v) is 19.3. The number of carbonyl (C=O) groups is 1. The largest absolute Gasteiger partial charge is 0.496 e. The van der Waals surface area contributed by atoms with Crippen LogP contribution in [0.3, 0.4) is 0 Å². The maximum atomic E-state index is 12.3. The average molecular weight is 457 g/mol. The van der Waals surface area contributed by atoms with E-state index >= 15 is 0 Å². The summed E-state index contributed by atoms with van der Waals surface area (Å²) in [7, 11) is 1.72. The first-order valence-electron chi connectivity index (χ1n) is 11.6. The minimum Gasteiger partial charge on any atom is -0.496 e. The molecule has 174 valence electrons. The summed E-state index contributed by atoms with van der Waals surface area (Å²) in [5, 5.41) is 14.2. The van der Waals surface area contributed by atoms with Crippen LogP contribution in [0.15, 0.2) is 60.9 Å². The molecular formula is C26H28N6O2. The number of benzene rings is 2. The summed E-state index contributed by atoms with van der Waals surface area (Å²) in [5.74, 6) is 2.71. The third-order valence-corrected chi connectivity index (χ3v) is 6.34. The fourth-order valence-electron chi connectivity index (χ4n) is 4.55. The number of nitrogens with one attached hydrogen (secondary N) is 1. The highest BCUT2D eigenvalue weighted by molar-refractivity contribution is 5.93. The van der Waals surface area contributed by atoms with Gasteiger partial charge in [0.1, 0.15) is 17.4 Å². The van der Waals surface area contributed by atoms with Crippen LogP contribution in [0.2, 0.25) is 0 Å². The molecule has 0 spiro atoms. The van der Waals surface area contributed by atoms with Gasteiger partial charge in [-0.05, 0) is 29.1 Å². The van der Waals surface area contributed by atoms with E-state index in [1.165, 1.54) is 10.9 Å². The average Bonchev–Trinajstić information content (AvgIpc) is 3.16. The quantitative estimate of drug-likeness (QED) is 0.460. The second kappa shape index (κ2) is 10.0. The van der Waals surface area contributed by atoms with Crippen molar-refractivity contribution < 1.29 is 9.53 Å². The Labute approximate surface area is 198 Å². The summed E-state index contributed by atoms with van der Waals surface area (Å²) >= 11 is 0. The second-order valence-corrected chi connectivity index (χ2v) is 8.43. The minimum absolute atomic E-state index is 0.124. The highest BCUT2D eigenvalue weighted by atomic mass is 16.5. The van der Waals surface area contributed by atoms with Crippen LogP contribution >= 0.6 is 0 Å². The Kier molecular flexibility index (Phi) is 6.49. The van der Waals surface area contributed by atoms with Crippen molar-refractivity contribution in [1.82, 2.24) is 30.0 Å². The summed E-state index contributed by atoms with van der Waals surface area (Å²) < 4.78 is 7.76. The number of pyridine rings is 1. The molecule has 4 aromatic rings. The Balaban J connectivity index is 1.22. The summed E-state index contributed by atoms with van der Waals surface area (Å²) in [6, 6.07) is 16.1. The molecule has 0 atom stereocenters. The van der Waals surface area contributed by atoms with Crippen molar-refractivity contribution in [3.63, 3.8) is 0 Å². The van der Waals surface area contributed by atoms with Crippen molar-refractivity contribution in [2.45, 2.75) is 25.9 Å². The summed E-state index contributed by atoms with van der Waals surface area (Å²) in [6.07, 6.45) is 4.72. The van der Waals surface area contributed by atoms with Crippen molar-refractivity contribution in [1.29, 1.82) is 0 Å². The molecule has 0 saturated heterocycles. The molecule has 2 aromatic heterocycles. The molecule has 0 bridgehead atoms. The minimum atomic E-state index is -0.124. The van der Waals surface area contributed by atoms with Crippen LogP contribution in [-0.2, 0) is 25.9 Å². The van der Waals surface area contributed by atoms with Gasteiger partial charge in [0, 0.05) is 63.3 Å². The van der Waals surface area contributed by atoms with Gasteiger partial charge in [0.25, 0.3) is 5.91 Å². The van der Waals surface area contributed by atoms with E-state index in [0.717, 1.165) is 55.4 Å². The Morgan fingerprint density at radius 3 is 2.74 bits per heavy atom. The smallest absolute Gasteiger partial charge is 0.252 e. The van der Waals surface area contributed by atoms with E-state index in [1.807, 2.05) is 6.07 Å². The van der Waals surface area contributed by atoms with E-state index in [9.17, 15) is 4.79 Å². The number of hydrogen-bond donors (Lipinski definition) is 1. The molecule has 1 aliphatic rings. The number of carbonyl (C=O) groups excluding carboxylic acids is 1. The van der Waals surface area contributed by atoms with Crippen LogP contribution in [0.4, 0.5) is 0 Å². The fourth-order valence-corrected chi connectivity index (χ4v) is 4.55. The van der Waals surface area contributed by atoms with Gasteiger partial charge in [-0.25, -0.2) is 0 Å². The highest BCUT2D eigenvalue weighted by Gasteiger charge is 2.19. The maximum absolute atomic E-state index is 12.3. The van der Waals surface area contributed by atoms with Crippen LogP contribution in [0, 0.1) is 0 Å². The first kappa shape index (κ1) is 22.0. The Hall–Kier alpha value is -3.78. The Morgan fingerprint density at radius 1 is 1.03 bits per heavy atom. The lowest BCUT2D eigenvalue weighted by Crippen LogP contribution is -2.28. The molecule has 0 aliphatic carbocycles. The van der Waals surface area contributed by atoms with Crippen LogP contribution in [0.5, 0.6) is 5.75 Å². The maximum Gasteiger partial charge on any atom is 0.252 e. The molecule has 5 rings (SSSR count). The van der Waals surface area contributed by atoms with E-state index < -0.39 is 0 Å². The second-order valence-electron chi connectivity index (χ2n) is 8.43. The van der Waals surface area contributed by atoms with E-state index in [-0.39, 0.29) is 5.91 Å². The number of hydrogen-bond acceptors (Lipinski definition) is 6. The standard InChI is InChI=1S/C26H28N6O2/c1-34-23-9-8-20(21-6-2-3-7-22(21)23)18-31-14-11-25-30-29-24(32(25)16-15-31)10-13-28-26(33)19-5-4-12-27-17-19/h2-9,12,17H,10-11,13-16,18H2,1H3,(H,28,33). The predicted molar refractivity (Wildman–Crippen MR) is 130 cm³/mol. The van der Waals surface area contributed by atoms with Crippen LogP contribution in [0.25, 0.3) is 10.8 Å². The van der Waals surface area contributed by atoms with E-state index in [4.69, 9.17) is 4.74 Å². The number of amides is 1. The first-order chi connectivity index (χ1) is 16.7. The Morgan fingerprint density at radius 2 is 1.91 bits per heavy atom. The highest BCUT2D eigenvalue weighted by Crippen LogP contribution is 2.29. The fraction of sp³-hybridized carbons (Fsp3) is 0.308. The molecule has 0 unspecified atom stereocenters. The van der Waals surface area contributed by atoms with Crippen LogP contribution < -0.4 is 10.1 Å². The third kappa shape index (κ3) is 4.63. The molecule has 8 heteroatoms. The lowest BCUT2D eigenvalue weighted by molar-refractivity contribution is 0.0953. The van der Waals surface area contributed by atoms with Crippen molar-refractivity contribution in [3.05, 3.63) is 83.7 Å². The number of nitrogens with zero attached hydrogens (tertiary/aromatic N) is 5. The molecular weight excluding hydrogens is 428 g/mol.